The van der Waals surface area contributed by atoms with E-state index >= 15 is 0 Å². The van der Waals surface area contributed by atoms with E-state index in [-0.39, 0.29) is 13.0 Å². The number of carbonyl (C=O) groups is 4. The molecule has 1 atom stereocenters. The SMILES string of the molecule is CN(NC(=O)OCc1ccccc1)C(=O)N[C@@H](Cc1ccccc1)C(=O)NOCC(=O)O. The highest BCUT2D eigenvalue weighted by Gasteiger charge is 2.24. The van der Waals surface area contributed by atoms with Crippen LogP contribution in [0.1, 0.15) is 11.1 Å². The number of nitrogens with zero attached hydrogens (tertiary/aromatic N) is 1. The first-order chi connectivity index (χ1) is 15.3. The molecular weight excluding hydrogens is 420 g/mol. The molecule has 0 aliphatic heterocycles. The zero-order valence-corrected chi connectivity index (χ0v) is 17.3. The van der Waals surface area contributed by atoms with Gasteiger partial charge in [0.05, 0.1) is 0 Å². The molecule has 2 rings (SSSR count). The third-order valence-corrected chi connectivity index (χ3v) is 4.04. The molecule has 0 saturated heterocycles. The first-order valence-electron chi connectivity index (χ1n) is 9.54. The number of carboxylic acid groups (broad SMARTS) is 1. The highest BCUT2D eigenvalue weighted by molar-refractivity contribution is 5.87. The number of amides is 4. The Hall–Kier alpha value is -4.12. The van der Waals surface area contributed by atoms with Gasteiger partial charge in [0, 0.05) is 13.5 Å². The summed E-state index contributed by atoms with van der Waals surface area (Å²) in [5.41, 5.74) is 5.74. The molecule has 32 heavy (non-hydrogen) atoms. The van der Waals surface area contributed by atoms with Gasteiger partial charge in [-0.3, -0.25) is 9.63 Å². The molecule has 0 unspecified atom stereocenters. The maximum Gasteiger partial charge on any atom is 0.426 e. The lowest BCUT2D eigenvalue weighted by atomic mass is 10.1. The Morgan fingerprint density at radius 1 is 0.969 bits per heavy atom. The molecule has 0 fully saturated rings. The van der Waals surface area contributed by atoms with Crippen LogP contribution >= 0.6 is 0 Å². The molecule has 0 spiro atoms. The van der Waals surface area contributed by atoms with E-state index in [2.05, 4.69) is 15.6 Å². The number of benzene rings is 2. The minimum atomic E-state index is -1.27. The number of hydrogen-bond acceptors (Lipinski definition) is 6. The third kappa shape index (κ3) is 8.71. The highest BCUT2D eigenvalue weighted by Crippen LogP contribution is 2.05. The van der Waals surface area contributed by atoms with E-state index in [4.69, 9.17) is 9.84 Å². The minimum Gasteiger partial charge on any atom is -0.479 e. The molecule has 4 amide bonds. The maximum atomic E-state index is 12.5. The van der Waals surface area contributed by atoms with Crippen LogP contribution in [0.25, 0.3) is 0 Å². The average molecular weight is 444 g/mol. The number of hydrogen-bond donors (Lipinski definition) is 4. The van der Waals surface area contributed by atoms with Crippen LogP contribution in [0, 0.1) is 0 Å². The molecule has 0 aromatic heterocycles. The van der Waals surface area contributed by atoms with E-state index in [1.54, 1.807) is 54.6 Å². The molecule has 0 aliphatic carbocycles. The lowest BCUT2D eigenvalue weighted by Crippen LogP contribution is -2.55. The van der Waals surface area contributed by atoms with Gasteiger partial charge in [-0.15, -0.1) is 0 Å². The summed E-state index contributed by atoms with van der Waals surface area (Å²) in [7, 11) is 1.28. The summed E-state index contributed by atoms with van der Waals surface area (Å²) < 4.78 is 5.05. The van der Waals surface area contributed by atoms with Gasteiger partial charge in [-0.2, -0.15) is 0 Å². The van der Waals surface area contributed by atoms with E-state index < -0.39 is 36.6 Å². The van der Waals surface area contributed by atoms with Crippen molar-refractivity contribution in [2.24, 2.45) is 0 Å². The van der Waals surface area contributed by atoms with Crippen LogP contribution in [0.3, 0.4) is 0 Å². The van der Waals surface area contributed by atoms with E-state index in [0.717, 1.165) is 16.1 Å². The molecule has 4 N–H and O–H groups in total. The van der Waals surface area contributed by atoms with Gasteiger partial charge < -0.3 is 15.2 Å². The molecule has 2 aromatic rings. The van der Waals surface area contributed by atoms with Crippen LogP contribution < -0.4 is 16.2 Å². The summed E-state index contributed by atoms with van der Waals surface area (Å²) in [6, 6.07) is 15.9. The van der Waals surface area contributed by atoms with Crippen molar-refractivity contribution in [1.82, 2.24) is 21.2 Å². The first-order valence-corrected chi connectivity index (χ1v) is 9.54. The van der Waals surface area contributed by atoms with Crippen molar-refractivity contribution in [3.05, 3.63) is 71.8 Å². The predicted molar refractivity (Wildman–Crippen MR) is 112 cm³/mol. The summed E-state index contributed by atoms with van der Waals surface area (Å²) in [6.07, 6.45) is -0.762. The summed E-state index contributed by atoms with van der Waals surface area (Å²) in [5, 5.41) is 11.9. The number of carboxylic acids is 1. The van der Waals surface area contributed by atoms with Crippen molar-refractivity contribution >= 4 is 24.0 Å². The Bertz CT molecular complexity index is 909. The van der Waals surface area contributed by atoms with Crippen molar-refractivity contribution in [2.75, 3.05) is 13.7 Å². The Morgan fingerprint density at radius 3 is 2.16 bits per heavy atom. The number of hydrazine groups is 1. The summed E-state index contributed by atoms with van der Waals surface area (Å²) in [6.45, 7) is -0.728. The normalized spacial score (nSPS) is 11.0. The van der Waals surface area contributed by atoms with Gasteiger partial charge in [0.25, 0.3) is 5.91 Å². The lowest BCUT2D eigenvalue weighted by molar-refractivity contribution is -0.149. The number of hydroxylamine groups is 1. The van der Waals surface area contributed by atoms with Crippen molar-refractivity contribution in [3.8, 4) is 0 Å². The van der Waals surface area contributed by atoms with Gasteiger partial charge >= 0.3 is 18.1 Å². The van der Waals surface area contributed by atoms with E-state index in [9.17, 15) is 19.2 Å². The molecule has 0 radical (unpaired) electrons. The number of rotatable bonds is 9. The summed E-state index contributed by atoms with van der Waals surface area (Å²) >= 11 is 0. The molecule has 0 aliphatic rings. The largest absolute Gasteiger partial charge is 0.479 e. The van der Waals surface area contributed by atoms with Gasteiger partial charge in [-0.05, 0) is 11.1 Å². The summed E-state index contributed by atoms with van der Waals surface area (Å²) in [5.74, 6) is -2.03. The number of nitrogens with one attached hydrogen (secondary N) is 3. The Labute approximate surface area is 184 Å². The fraction of sp³-hybridized carbons (Fsp3) is 0.238. The van der Waals surface area contributed by atoms with Crippen LogP contribution in [0.5, 0.6) is 0 Å². The molecule has 11 heteroatoms. The number of urea groups is 1. The highest BCUT2D eigenvalue weighted by atomic mass is 16.7. The standard InChI is InChI=1S/C21H24N4O7/c1-25(23-21(30)31-13-16-10-6-3-7-11-16)20(29)22-17(12-15-8-4-2-5-9-15)19(28)24-32-14-18(26)27/h2-11,17H,12-14H2,1H3,(H,22,29)(H,23,30)(H,24,28)(H,26,27)/t17-/m0/s1. The van der Waals surface area contributed by atoms with Gasteiger partial charge in [-0.1, -0.05) is 60.7 Å². The Balaban J connectivity index is 1.92. The van der Waals surface area contributed by atoms with E-state index in [1.807, 2.05) is 11.5 Å². The van der Waals surface area contributed by atoms with Gasteiger partial charge in [-0.25, -0.2) is 30.3 Å². The van der Waals surface area contributed by atoms with Crippen LogP contribution in [0.4, 0.5) is 9.59 Å². The van der Waals surface area contributed by atoms with Crippen molar-refractivity contribution in [1.29, 1.82) is 0 Å². The Morgan fingerprint density at radius 2 is 1.56 bits per heavy atom. The fourth-order valence-corrected chi connectivity index (χ4v) is 2.49. The van der Waals surface area contributed by atoms with Crippen LogP contribution in [0.2, 0.25) is 0 Å². The van der Waals surface area contributed by atoms with Gasteiger partial charge in [0.15, 0.2) is 6.61 Å². The third-order valence-electron chi connectivity index (χ3n) is 4.04. The zero-order chi connectivity index (χ0) is 23.3. The molecule has 0 saturated carbocycles. The lowest BCUT2D eigenvalue weighted by Gasteiger charge is -2.23. The van der Waals surface area contributed by atoms with E-state index in [1.165, 1.54) is 7.05 Å². The molecule has 0 heterocycles. The molecule has 0 bridgehead atoms. The minimum absolute atomic E-state index is 0.0160. The Kier molecular flexibility index (Phi) is 9.47. The second-order valence-electron chi connectivity index (χ2n) is 6.57. The quantitative estimate of drug-likeness (QED) is 0.425. The van der Waals surface area contributed by atoms with Crippen LogP contribution in [-0.4, -0.2) is 53.8 Å². The number of carbonyl (C=O) groups excluding carboxylic acids is 3. The van der Waals surface area contributed by atoms with Crippen molar-refractivity contribution in [3.63, 3.8) is 0 Å². The molecule has 2 aromatic carbocycles. The second kappa shape index (κ2) is 12.5. The maximum absolute atomic E-state index is 12.5. The number of ether oxygens (including phenoxy) is 1. The molecule has 170 valence electrons. The predicted octanol–water partition coefficient (Wildman–Crippen LogP) is 1.21. The first kappa shape index (κ1) is 24.2. The zero-order valence-electron chi connectivity index (χ0n) is 17.3. The number of aliphatic carboxylic acids is 1. The van der Waals surface area contributed by atoms with Crippen molar-refractivity contribution < 1.29 is 33.9 Å². The second-order valence-corrected chi connectivity index (χ2v) is 6.57. The molecule has 11 nitrogen and oxygen atoms in total. The van der Waals surface area contributed by atoms with Crippen LogP contribution in [-0.2, 0) is 32.2 Å². The average Bonchev–Trinajstić information content (AvgIpc) is 2.78. The van der Waals surface area contributed by atoms with Gasteiger partial charge in [0.1, 0.15) is 12.6 Å². The van der Waals surface area contributed by atoms with Crippen molar-refractivity contribution in [2.45, 2.75) is 19.1 Å². The van der Waals surface area contributed by atoms with Gasteiger partial charge in [0.2, 0.25) is 0 Å². The van der Waals surface area contributed by atoms with Crippen LogP contribution in [0.15, 0.2) is 60.7 Å². The summed E-state index contributed by atoms with van der Waals surface area (Å²) in [4.78, 5) is 52.0. The topological polar surface area (TPSA) is 146 Å². The smallest absolute Gasteiger partial charge is 0.426 e. The fourth-order valence-electron chi connectivity index (χ4n) is 2.49. The molecular formula is C21H24N4O7. The van der Waals surface area contributed by atoms with E-state index in [0.29, 0.717) is 0 Å². The monoisotopic (exact) mass is 444 g/mol.